The van der Waals surface area contributed by atoms with E-state index >= 15 is 0 Å². The van der Waals surface area contributed by atoms with Gasteiger partial charge in [0, 0.05) is 0 Å². The van der Waals surface area contributed by atoms with Crippen molar-refractivity contribution in [3.63, 3.8) is 0 Å². The SMILES string of the molecule is CC1CC1(C)C.O=CO. The lowest BCUT2D eigenvalue weighted by molar-refractivity contribution is -0.122. The Morgan fingerprint density at radius 1 is 1.67 bits per heavy atom. The summed E-state index contributed by atoms with van der Waals surface area (Å²) in [6.07, 6.45) is 1.44. The van der Waals surface area contributed by atoms with E-state index in [9.17, 15) is 0 Å². The van der Waals surface area contributed by atoms with Gasteiger partial charge in [0.2, 0.25) is 0 Å². The lowest BCUT2D eigenvalue weighted by atomic mass is 10.1. The van der Waals surface area contributed by atoms with Crippen LogP contribution in [0.4, 0.5) is 0 Å². The summed E-state index contributed by atoms with van der Waals surface area (Å²) in [7, 11) is 0. The number of hydrogen-bond acceptors (Lipinski definition) is 1. The molecule has 1 aliphatic carbocycles. The van der Waals surface area contributed by atoms with Gasteiger partial charge in [-0.25, -0.2) is 0 Å². The lowest BCUT2D eigenvalue weighted by Crippen LogP contribution is -1.82. The molecule has 1 rings (SSSR count). The van der Waals surface area contributed by atoms with Gasteiger partial charge in [-0.15, -0.1) is 0 Å². The molecule has 2 heteroatoms. The first kappa shape index (κ1) is 8.47. The van der Waals surface area contributed by atoms with Gasteiger partial charge in [0.15, 0.2) is 0 Å². The van der Waals surface area contributed by atoms with Crippen LogP contribution in [-0.2, 0) is 4.79 Å². The van der Waals surface area contributed by atoms with Crippen LogP contribution in [0.5, 0.6) is 0 Å². The highest BCUT2D eigenvalue weighted by Crippen LogP contribution is 2.50. The molecule has 0 radical (unpaired) electrons. The van der Waals surface area contributed by atoms with Crippen LogP contribution < -0.4 is 0 Å². The molecule has 0 aliphatic heterocycles. The van der Waals surface area contributed by atoms with Crippen LogP contribution in [0, 0.1) is 11.3 Å². The number of rotatable bonds is 0. The van der Waals surface area contributed by atoms with Crippen molar-refractivity contribution in [1.82, 2.24) is 0 Å². The van der Waals surface area contributed by atoms with Crippen molar-refractivity contribution in [2.75, 3.05) is 0 Å². The Balaban J connectivity index is 0.000000187. The van der Waals surface area contributed by atoms with Gasteiger partial charge in [0.1, 0.15) is 0 Å². The highest BCUT2D eigenvalue weighted by Gasteiger charge is 2.41. The lowest BCUT2D eigenvalue weighted by Gasteiger charge is -1.91. The van der Waals surface area contributed by atoms with Crippen molar-refractivity contribution in [3.05, 3.63) is 0 Å². The van der Waals surface area contributed by atoms with Crippen LogP contribution in [0.3, 0.4) is 0 Å². The predicted octanol–water partition coefficient (Wildman–Crippen LogP) is 1.75. The van der Waals surface area contributed by atoms with Gasteiger partial charge in [0.05, 0.1) is 0 Å². The second kappa shape index (κ2) is 2.85. The van der Waals surface area contributed by atoms with E-state index in [1.165, 1.54) is 6.42 Å². The van der Waals surface area contributed by atoms with Crippen molar-refractivity contribution in [1.29, 1.82) is 0 Å². The van der Waals surface area contributed by atoms with E-state index in [0.29, 0.717) is 5.41 Å². The molecular formula is C7H14O2. The van der Waals surface area contributed by atoms with Crippen molar-refractivity contribution in [2.45, 2.75) is 27.2 Å². The highest BCUT2D eigenvalue weighted by atomic mass is 16.3. The minimum atomic E-state index is -0.250. The molecule has 1 aliphatic rings. The molecule has 0 spiro atoms. The molecule has 1 atom stereocenters. The average molecular weight is 130 g/mol. The van der Waals surface area contributed by atoms with Crippen LogP contribution in [-0.4, -0.2) is 11.6 Å². The van der Waals surface area contributed by atoms with Gasteiger partial charge in [0.25, 0.3) is 6.47 Å². The third kappa shape index (κ3) is 3.12. The molecule has 1 saturated carbocycles. The third-order valence-electron chi connectivity index (χ3n) is 2.01. The standard InChI is InChI=1S/C6H12.CH2O2/c1-5-4-6(5,2)3;2-1-3/h5H,4H2,1-3H3;1H,(H,2,3). The molecule has 0 aromatic carbocycles. The molecule has 0 amide bonds. The summed E-state index contributed by atoms with van der Waals surface area (Å²) in [6.45, 7) is 6.69. The van der Waals surface area contributed by atoms with Crippen LogP contribution in [0.1, 0.15) is 27.2 Å². The van der Waals surface area contributed by atoms with E-state index in [2.05, 4.69) is 20.8 Å². The maximum absolute atomic E-state index is 8.36. The third-order valence-corrected chi connectivity index (χ3v) is 2.01. The van der Waals surface area contributed by atoms with Crippen LogP contribution in [0.15, 0.2) is 0 Å². The smallest absolute Gasteiger partial charge is 0.290 e. The van der Waals surface area contributed by atoms with Crippen LogP contribution in [0.25, 0.3) is 0 Å². The topological polar surface area (TPSA) is 37.3 Å². The van der Waals surface area contributed by atoms with Crippen LogP contribution in [0.2, 0.25) is 0 Å². The minimum absolute atomic E-state index is 0.250. The molecular weight excluding hydrogens is 116 g/mol. The Bertz CT molecular complexity index is 97.1. The maximum atomic E-state index is 8.36. The number of carboxylic acid groups (broad SMARTS) is 1. The van der Waals surface area contributed by atoms with E-state index in [4.69, 9.17) is 9.90 Å². The molecule has 0 saturated heterocycles. The first-order valence-electron chi connectivity index (χ1n) is 3.12. The fraction of sp³-hybridized carbons (Fsp3) is 0.857. The largest absolute Gasteiger partial charge is 0.483 e. The zero-order valence-electron chi connectivity index (χ0n) is 6.22. The summed E-state index contributed by atoms with van der Waals surface area (Å²) in [5.74, 6) is 0.998. The summed E-state index contributed by atoms with van der Waals surface area (Å²) < 4.78 is 0. The Morgan fingerprint density at radius 2 is 1.78 bits per heavy atom. The second-order valence-electron chi connectivity index (χ2n) is 3.20. The monoisotopic (exact) mass is 130 g/mol. The van der Waals surface area contributed by atoms with Gasteiger partial charge in [-0.3, -0.25) is 4.79 Å². The van der Waals surface area contributed by atoms with Gasteiger partial charge < -0.3 is 5.11 Å². The Hall–Kier alpha value is -0.530. The Labute approximate surface area is 55.9 Å². The summed E-state index contributed by atoms with van der Waals surface area (Å²) in [5, 5.41) is 6.89. The first-order chi connectivity index (χ1) is 4.04. The molecule has 1 unspecified atom stereocenters. The van der Waals surface area contributed by atoms with E-state index in [-0.39, 0.29) is 6.47 Å². The molecule has 0 heterocycles. The van der Waals surface area contributed by atoms with E-state index in [0.717, 1.165) is 5.92 Å². The van der Waals surface area contributed by atoms with Crippen molar-refractivity contribution >= 4 is 6.47 Å². The quantitative estimate of drug-likeness (QED) is 0.507. The first-order valence-corrected chi connectivity index (χ1v) is 3.12. The van der Waals surface area contributed by atoms with Gasteiger partial charge in [-0.1, -0.05) is 20.8 Å². The maximum Gasteiger partial charge on any atom is 0.290 e. The summed E-state index contributed by atoms with van der Waals surface area (Å²) in [6, 6.07) is 0. The number of hydrogen-bond donors (Lipinski definition) is 1. The van der Waals surface area contributed by atoms with E-state index in [1.54, 1.807) is 0 Å². The van der Waals surface area contributed by atoms with Gasteiger partial charge >= 0.3 is 0 Å². The van der Waals surface area contributed by atoms with Gasteiger partial charge in [-0.2, -0.15) is 0 Å². The molecule has 0 aromatic rings. The van der Waals surface area contributed by atoms with Crippen molar-refractivity contribution < 1.29 is 9.90 Å². The molecule has 1 fully saturated rings. The predicted molar refractivity (Wildman–Crippen MR) is 36.3 cm³/mol. The Morgan fingerprint density at radius 3 is 1.78 bits per heavy atom. The van der Waals surface area contributed by atoms with E-state index in [1.807, 2.05) is 0 Å². The van der Waals surface area contributed by atoms with Crippen molar-refractivity contribution in [2.24, 2.45) is 11.3 Å². The fourth-order valence-electron chi connectivity index (χ4n) is 0.730. The average Bonchev–Trinajstić information content (AvgIpc) is 2.14. The Kier molecular flexibility index (Phi) is 2.68. The van der Waals surface area contributed by atoms with E-state index < -0.39 is 0 Å². The normalized spacial score (nSPS) is 27.7. The molecule has 1 N–H and O–H groups in total. The zero-order valence-corrected chi connectivity index (χ0v) is 6.22. The minimum Gasteiger partial charge on any atom is -0.483 e. The highest BCUT2D eigenvalue weighted by molar-refractivity contribution is 5.32. The summed E-state index contributed by atoms with van der Waals surface area (Å²) in [4.78, 5) is 8.36. The molecule has 54 valence electrons. The second-order valence-corrected chi connectivity index (χ2v) is 3.20. The molecule has 0 bridgehead atoms. The summed E-state index contributed by atoms with van der Waals surface area (Å²) >= 11 is 0. The van der Waals surface area contributed by atoms with Crippen LogP contribution >= 0.6 is 0 Å². The fourth-order valence-corrected chi connectivity index (χ4v) is 0.730. The summed E-state index contributed by atoms with van der Waals surface area (Å²) in [5.41, 5.74) is 0.708. The zero-order chi connectivity index (χ0) is 7.49. The molecule has 2 nitrogen and oxygen atoms in total. The molecule has 0 aromatic heterocycles. The van der Waals surface area contributed by atoms with Gasteiger partial charge in [-0.05, 0) is 17.8 Å². The number of carbonyl (C=O) groups is 1. The molecule has 9 heavy (non-hydrogen) atoms. The van der Waals surface area contributed by atoms with Crippen molar-refractivity contribution in [3.8, 4) is 0 Å².